The van der Waals surface area contributed by atoms with E-state index in [0.717, 1.165) is 26.8 Å². The molecule has 1 heterocycles. The Morgan fingerprint density at radius 1 is 0.931 bits per heavy atom. The maximum Gasteiger partial charge on any atom is 0.255 e. The van der Waals surface area contributed by atoms with Crippen molar-refractivity contribution in [3.05, 3.63) is 100 Å². The van der Waals surface area contributed by atoms with Gasteiger partial charge in [0.1, 0.15) is 0 Å². The molecular formula is C23H16BrN3O2. The van der Waals surface area contributed by atoms with E-state index in [2.05, 4.69) is 31.2 Å². The minimum Gasteiger partial charge on any atom is -0.335 e. The smallest absolute Gasteiger partial charge is 0.255 e. The molecule has 4 rings (SSSR count). The Hall–Kier alpha value is -3.51. The minimum atomic E-state index is -0.210. The number of hydrogen-bond donors (Lipinski definition) is 2. The molecule has 0 atom stereocenters. The third-order valence-corrected chi connectivity index (χ3v) is 4.85. The molecule has 0 fully saturated rings. The first-order valence-electron chi connectivity index (χ1n) is 8.93. The van der Waals surface area contributed by atoms with E-state index in [1.807, 2.05) is 48.5 Å². The van der Waals surface area contributed by atoms with E-state index in [9.17, 15) is 9.59 Å². The van der Waals surface area contributed by atoms with Crippen LogP contribution in [0.3, 0.4) is 0 Å². The van der Waals surface area contributed by atoms with Gasteiger partial charge in [-0.2, -0.15) is 0 Å². The van der Waals surface area contributed by atoms with Gasteiger partial charge in [0.15, 0.2) is 5.82 Å². The quantitative estimate of drug-likeness (QED) is 0.315. The van der Waals surface area contributed by atoms with Crippen LogP contribution in [0.2, 0.25) is 0 Å². The summed E-state index contributed by atoms with van der Waals surface area (Å²) < 4.78 is 0.948. The predicted molar refractivity (Wildman–Crippen MR) is 118 cm³/mol. The zero-order chi connectivity index (χ0) is 20.2. The minimum absolute atomic E-state index is 0.193. The highest BCUT2D eigenvalue weighted by Crippen LogP contribution is 2.16. The largest absolute Gasteiger partial charge is 0.335 e. The highest BCUT2D eigenvalue weighted by atomic mass is 79.9. The van der Waals surface area contributed by atoms with E-state index < -0.39 is 0 Å². The van der Waals surface area contributed by atoms with E-state index in [-0.39, 0.29) is 11.7 Å². The second-order valence-corrected chi connectivity index (χ2v) is 7.30. The first kappa shape index (κ1) is 18.8. The standard InChI is InChI=1S/C23H16BrN3O2/c24-17-10-12-18(13-11-17)25-23(29)16-8-5-15(6-9-16)7-14-21(28)22-26-19-3-1-2-4-20(19)27-22/h1-14H,(H,25,29)(H,26,27). The van der Waals surface area contributed by atoms with Gasteiger partial charge in [-0.25, -0.2) is 4.98 Å². The lowest BCUT2D eigenvalue weighted by Gasteiger charge is -2.05. The molecule has 29 heavy (non-hydrogen) atoms. The normalized spacial score (nSPS) is 11.1. The molecule has 0 aliphatic carbocycles. The molecular weight excluding hydrogens is 430 g/mol. The van der Waals surface area contributed by atoms with Crippen LogP contribution in [0.5, 0.6) is 0 Å². The molecule has 2 N–H and O–H groups in total. The molecule has 0 bridgehead atoms. The Morgan fingerprint density at radius 2 is 1.66 bits per heavy atom. The van der Waals surface area contributed by atoms with Crippen molar-refractivity contribution in [2.24, 2.45) is 0 Å². The van der Waals surface area contributed by atoms with Crippen LogP contribution in [0.25, 0.3) is 17.1 Å². The van der Waals surface area contributed by atoms with Gasteiger partial charge in [0.2, 0.25) is 5.78 Å². The summed E-state index contributed by atoms with van der Waals surface area (Å²) in [5.41, 5.74) is 3.65. The zero-order valence-corrected chi connectivity index (χ0v) is 16.8. The van der Waals surface area contributed by atoms with E-state index in [4.69, 9.17) is 0 Å². The number of ketones is 1. The number of amides is 1. The Bertz CT molecular complexity index is 1180. The Labute approximate surface area is 175 Å². The first-order valence-corrected chi connectivity index (χ1v) is 9.72. The molecule has 0 radical (unpaired) electrons. The van der Waals surface area contributed by atoms with E-state index in [0.29, 0.717) is 11.4 Å². The maximum absolute atomic E-state index is 12.3. The molecule has 0 aliphatic rings. The topological polar surface area (TPSA) is 74.8 Å². The predicted octanol–water partition coefficient (Wildman–Crippen LogP) is 5.47. The van der Waals surface area contributed by atoms with Gasteiger partial charge in [-0.05, 0) is 60.2 Å². The second kappa shape index (κ2) is 8.24. The molecule has 142 valence electrons. The van der Waals surface area contributed by atoms with Crippen LogP contribution in [-0.2, 0) is 0 Å². The lowest BCUT2D eigenvalue weighted by molar-refractivity contribution is 0.102. The number of allylic oxidation sites excluding steroid dienone is 1. The lowest BCUT2D eigenvalue weighted by Crippen LogP contribution is -2.11. The van der Waals surface area contributed by atoms with Gasteiger partial charge in [0, 0.05) is 15.7 Å². The number of benzene rings is 3. The van der Waals surface area contributed by atoms with Crippen LogP contribution in [0.15, 0.2) is 83.3 Å². The monoisotopic (exact) mass is 445 g/mol. The van der Waals surface area contributed by atoms with Gasteiger partial charge in [-0.15, -0.1) is 0 Å². The molecule has 0 saturated carbocycles. The molecule has 1 amide bonds. The van der Waals surface area contributed by atoms with Crippen LogP contribution in [-0.4, -0.2) is 21.7 Å². The molecule has 1 aromatic heterocycles. The van der Waals surface area contributed by atoms with Gasteiger partial charge in [-0.3, -0.25) is 9.59 Å². The number of carbonyl (C=O) groups excluding carboxylic acids is 2. The average Bonchev–Trinajstić information content (AvgIpc) is 3.18. The number of aromatic amines is 1. The van der Waals surface area contributed by atoms with Gasteiger partial charge < -0.3 is 10.3 Å². The van der Waals surface area contributed by atoms with Crippen molar-refractivity contribution in [1.82, 2.24) is 9.97 Å². The summed E-state index contributed by atoms with van der Waals surface area (Å²) in [4.78, 5) is 32.0. The van der Waals surface area contributed by atoms with Crippen molar-refractivity contribution in [3.63, 3.8) is 0 Å². The summed E-state index contributed by atoms with van der Waals surface area (Å²) in [6.45, 7) is 0. The van der Waals surface area contributed by atoms with Crippen LogP contribution < -0.4 is 5.32 Å². The van der Waals surface area contributed by atoms with E-state index in [1.165, 1.54) is 6.08 Å². The van der Waals surface area contributed by atoms with Crippen LogP contribution in [0.4, 0.5) is 5.69 Å². The average molecular weight is 446 g/mol. The van der Waals surface area contributed by atoms with Crippen molar-refractivity contribution in [1.29, 1.82) is 0 Å². The molecule has 0 unspecified atom stereocenters. The van der Waals surface area contributed by atoms with E-state index >= 15 is 0 Å². The Kier molecular flexibility index (Phi) is 5.35. The SMILES string of the molecule is O=C(Nc1ccc(Br)cc1)c1ccc(C=CC(=O)c2nc3ccccc3[nH]2)cc1. The van der Waals surface area contributed by atoms with Gasteiger partial charge in [0.25, 0.3) is 5.91 Å². The summed E-state index contributed by atoms with van der Waals surface area (Å²) in [7, 11) is 0. The van der Waals surface area contributed by atoms with Gasteiger partial charge >= 0.3 is 0 Å². The van der Waals surface area contributed by atoms with Crippen molar-refractivity contribution < 1.29 is 9.59 Å². The van der Waals surface area contributed by atoms with Crippen molar-refractivity contribution >= 4 is 50.4 Å². The van der Waals surface area contributed by atoms with Crippen molar-refractivity contribution in [2.75, 3.05) is 5.32 Å². The second-order valence-electron chi connectivity index (χ2n) is 6.38. The molecule has 0 saturated heterocycles. The molecule has 5 nitrogen and oxygen atoms in total. The molecule has 4 aromatic rings. The number of nitrogens with one attached hydrogen (secondary N) is 2. The number of imidazole rings is 1. The fourth-order valence-electron chi connectivity index (χ4n) is 2.80. The molecule has 0 spiro atoms. The summed E-state index contributed by atoms with van der Waals surface area (Å²) in [5.74, 6) is -0.104. The van der Waals surface area contributed by atoms with E-state index in [1.54, 1.807) is 30.3 Å². The number of halogens is 1. The molecule has 3 aromatic carbocycles. The fraction of sp³-hybridized carbons (Fsp3) is 0. The number of nitrogens with zero attached hydrogens (tertiary/aromatic N) is 1. The number of rotatable bonds is 5. The highest BCUT2D eigenvalue weighted by Gasteiger charge is 2.09. The summed E-state index contributed by atoms with van der Waals surface area (Å²) in [6.07, 6.45) is 3.17. The number of anilines is 1. The number of carbonyl (C=O) groups is 2. The lowest BCUT2D eigenvalue weighted by atomic mass is 10.1. The number of hydrogen-bond acceptors (Lipinski definition) is 3. The third-order valence-electron chi connectivity index (χ3n) is 4.32. The first-order chi connectivity index (χ1) is 14.1. The van der Waals surface area contributed by atoms with Crippen LogP contribution in [0, 0.1) is 0 Å². The summed E-state index contributed by atoms with van der Waals surface area (Å²) >= 11 is 3.36. The maximum atomic E-state index is 12.3. The molecule has 6 heteroatoms. The number of aromatic nitrogens is 2. The van der Waals surface area contributed by atoms with Gasteiger partial charge in [-0.1, -0.05) is 46.3 Å². The van der Waals surface area contributed by atoms with Crippen LogP contribution in [0.1, 0.15) is 26.5 Å². The van der Waals surface area contributed by atoms with Crippen molar-refractivity contribution in [2.45, 2.75) is 0 Å². The third kappa shape index (κ3) is 4.50. The summed E-state index contributed by atoms with van der Waals surface area (Å²) in [5, 5.41) is 2.85. The highest BCUT2D eigenvalue weighted by molar-refractivity contribution is 9.10. The molecule has 0 aliphatic heterocycles. The van der Waals surface area contributed by atoms with Crippen LogP contribution >= 0.6 is 15.9 Å². The Morgan fingerprint density at radius 3 is 2.38 bits per heavy atom. The van der Waals surface area contributed by atoms with Crippen molar-refractivity contribution in [3.8, 4) is 0 Å². The fourth-order valence-corrected chi connectivity index (χ4v) is 3.07. The number of H-pyrrole nitrogens is 1. The number of fused-ring (bicyclic) bond motifs is 1. The zero-order valence-electron chi connectivity index (χ0n) is 15.2. The summed E-state index contributed by atoms with van der Waals surface area (Å²) in [6, 6.07) is 21.9. The van der Waals surface area contributed by atoms with Gasteiger partial charge in [0.05, 0.1) is 11.0 Å². The number of para-hydroxylation sites is 2. The Balaban J connectivity index is 1.42.